The third-order valence-corrected chi connectivity index (χ3v) is 18.9. The number of esters is 3. The second-order valence-electron chi connectivity index (χ2n) is 26.8. The predicted octanol–water partition coefficient (Wildman–Crippen LogP) is 23.5. The number of unbranched alkanes of at least 4 members (excludes halogenated alkanes) is 35. The van der Waals surface area contributed by atoms with E-state index in [-0.39, 0.29) is 19.3 Å². The van der Waals surface area contributed by atoms with Crippen molar-refractivity contribution in [3.8, 4) is 0 Å². The summed E-state index contributed by atoms with van der Waals surface area (Å²) >= 11 is 0. The van der Waals surface area contributed by atoms with Crippen LogP contribution in [0.15, 0.2) is 109 Å². The van der Waals surface area contributed by atoms with Gasteiger partial charge in [0.05, 0.1) is 26.4 Å². The first-order valence-corrected chi connectivity index (χ1v) is 43.2. The van der Waals surface area contributed by atoms with E-state index < -0.39 is 91.5 Å². The van der Waals surface area contributed by atoms with Crippen molar-refractivity contribution in [1.29, 1.82) is 0 Å². The van der Waals surface area contributed by atoms with Crippen molar-refractivity contribution in [2.45, 2.75) is 360 Å². The fourth-order valence-electron chi connectivity index (χ4n) is 10.8. The van der Waals surface area contributed by atoms with Crippen LogP contribution in [0.4, 0.5) is 0 Å². The number of hydrogen-bond donors (Lipinski definition) is 4. The van der Waals surface area contributed by atoms with Gasteiger partial charge in [0.15, 0.2) is 6.10 Å². The van der Waals surface area contributed by atoms with E-state index in [0.717, 1.165) is 128 Å². The molecule has 0 heterocycles. The minimum atomic E-state index is -4.93. The molecule has 0 spiro atoms. The molecule has 0 radical (unpaired) electrons. The topological polar surface area (TPSA) is 231 Å². The summed E-state index contributed by atoms with van der Waals surface area (Å²) in [6.45, 7) is 2.50. The number of hydrogen-bond acceptors (Lipinski definition) is 14. The second kappa shape index (κ2) is 75.9. The molecule has 0 aliphatic rings. The van der Waals surface area contributed by atoms with Crippen molar-refractivity contribution in [3.05, 3.63) is 109 Å². The van der Waals surface area contributed by atoms with Gasteiger partial charge in [0.25, 0.3) is 0 Å². The zero-order valence-corrected chi connectivity index (χ0v) is 65.6. The van der Waals surface area contributed by atoms with Crippen LogP contribution in [0, 0.1) is 0 Å². The maximum absolute atomic E-state index is 12.9. The van der Waals surface area contributed by atoms with E-state index in [9.17, 15) is 43.5 Å². The number of ether oxygens (including phenoxy) is 3. The molecule has 0 aromatic rings. The first-order chi connectivity index (χ1) is 49.2. The van der Waals surface area contributed by atoms with Gasteiger partial charge in [-0.3, -0.25) is 32.5 Å². The largest absolute Gasteiger partial charge is 0.472 e. The van der Waals surface area contributed by atoms with Crippen LogP contribution in [0.5, 0.6) is 0 Å². The van der Waals surface area contributed by atoms with Gasteiger partial charge in [-0.25, -0.2) is 9.13 Å². The molecule has 4 N–H and O–H groups in total. The lowest BCUT2D eigenvalue weighted by Crippen LogP contribution is -2.30. The van der Waals surface area contributed by atoms with Crippen molar-refractivity contribution in [2.24, 2.45) is 0 Å². The van der Waals surface area contributed by atoms with Crippen molar-refractivity contribution >= 4 is 33.6 Å². The third kappa shape index (κ3) is 77.1. The number of carbonyl (C=O) groups excluding carboxylic acids is 3. The minimum Gasteiger partial charge on any atom is -0.463 e. The van der Waals surface area contributed by atoms with Crippen LogP contribution in [-0.2, 0) is 55.8 Å². The maximum atomic E-state index is 12.9. The van der Waals surface area contributed by atoms with E-state index in [1.807, 2.05) is 0 Å². The average molecular weight is 1460 g/mol. The summed E-state index contributed by atoms with van der Waals surface area (Å²) in [5.74, 6) is -1.60. The molecule has 0 rings (SSSR count). The Hall–Kier alpha value is -3.79. The molecule has 584 valence electrons. The zero-order valence-electron chi connectivity index (χ0n) is 63.8. The van der Waals surface area contributed by atoms with Gasteiger partial charge in [0, 0.05) is 19.3 Å². The van der Waals surface area contributed by atoms with E-state index >= 15 is 0 Å². The summed E-state index contributed by atoms with van der Waals surface area (Å²) < 4.78 is 61.0. The number of allylic oxidation sites excluding steroid dienone is 18. The van der Waals surface area contributed by atoms with Crippen LogP contribution in [0.2, 0.25) is 0 Å². The van der Waals surface area contributed by atoms with Crippen molar-refractivity contribution in [1.82, 2.24) is 0 Å². The molecule has 16 nitrogen and oxygen atoms in total. The summed E-state index contributed by atoms with van der Waals surface area (Å²) in [5.41, 5.74) is 0. The summed E-state index contributed by atoms with van der Waals surface area (Å²) in [6.07, 6.45) is 88.8. The molecule has 18 heteroatoms. The van der Waals surface area contributed by atoms with Gasteiger partial charge in [-0.2, -0.15) is 0 Å². The summed E-state index contributed by atoms with van der Waals surface area (Å²) in [6, 6.07) is 0. The molecular formula is C83H146O16P2. The van der Waals surface area contributed by atoms with Gasteiger partial charge in [0.1, 0.15) is 25.4 Å². The standard InChI is InChI=1S/C83H146O16P2/c1-4-7-10-13-16-19-22-25-27-29-30-31-32-33-34-35-36-37-38-39-40-41-42-43-44-45-46-48-50-52-54-57-60-63-66-69-81(86)93-72-78(84)73-95-100(89,90)96-74-79(85)75-97-101(91,92)98-77-80(99-83(88)71-68-65-62-59-56-51-24-21-18-15-12-9-6-3)76-94-82(87)70-67-64-61-58-55-53-49-47-28-26-23-20-17-14-11-8-5-2/h8,11,16-17,19-21,24-28,30-31,33-34,49,53,78-80,84-85H,4-7,9-10,12-15,18,22-23,29,32,35-48,50-52,54-77H2,1-3H3,(H,89,90)(H,91,92)/b11-8-,19-16-,20-17-,24-21-,27-25-,28-26-,31-30-,34-33-,53-49-. The number of aliphatic hydroxyl groups is 2. The Balaban J connectivity index is 4.35. The highest BCUT2D eigenvalue weighted by atomic mass is 31.2. The quantitative estimate of drug-likeness (QED) is 0.0146. The highest BCUT2D eigenvalue weighted by molar-refractivity contribution is 7.47. The molecule has 0 aliphatic carbocycles. The monoisotopic (exact) mass is 1460 g/mol. The van der Waals surface area contributed by atoms with Crippen molar-refractivity contribution < 1.29 is 75.8 Å². The Kier molecular flexibility index (Phi) is 73.0. The Morgan fingerprint density at radius 3 is 0.861 bits per heavy atom. The molecule has 5 atom stereocenters. The van der Waals surface area contributed by atoms with Crippen LogP contribution < -0.4 is 0 Å². The fourth-order valence-corrected chi connectivity index (χ4v) is 12.4. The SMILES string of the molecule is CC/C=C\C/C=C\C/C=C\C/C=C\CCCCCCC(=O)OCC(COP(=O)(O)OCC(O)COP(=O)(O)OCC(O)COC(=O)CCCCCCCCCCCCCCCCCCCCC/C=C\C/C=C\C/C=C\C/C=C\CCCCC)OC(=O)CCCCCCC/C=C\CCCCCC. The van der Waals surface area contributed by atoms with E-state index in [1.54, 1.807) is 0 Å². The van der Waals surface area contributed by atoms with E-state index in [2.05, 4.69) is 130 Å². The summed E-state index contributed by atoms with van der Waals surface area (Å²) in [5, 5.41) is 20.6. The first-order valence-electron chi connectivity index (χ1n) is 40.2. The van der Waals surface area contributed by atoms with Gasteiger partial charge in [-0.15, -0.1) is 0 Å². The Labute approximate surface area is 615 Å². The Morgan fingerprint density at radius 1 is 0.287 bits per heavy atom. The number of carbonyl (C=O) groups is 3. The molecule has 101 heavy (non-hydrogen) atoms. The molecule has 0 aromatic heterocycles. The van der Waals surface area contributed by atoms with Gasteiger partial charge < -0.3 is 34.2 Å². The van der Waals surface area contributed by atoms with Crippen molar-refractivity contribution in [2.75, 3.05) is 39.6 Å². The zero-order chi connectivity index (χ0) is 73.7. The van der Waals surface area contributed by atoms with Crippen LogP contribution in [0.3, 0.4) is 0 Å². The molecule has 5 unspecified atom stereocenters. The average Bonchev–Trinajstić information content (AvgIpc) is 0.934. The van der Waals surface area contributed by atoms with Crippen molar-refractivity contribution in [3.63, 3.8) is 0 Å². The fraction of sp³-hybridized carbons (Fsp3) is 0.747. The second-order valence-corrected chi connectivity index (χ2v) is 29.7. The number of phosphoric acid groups is 2. The maximum Gasteiger partial charge on any atom is 0.472 e. The highest BCUT2D eigenvalue weighted by Gasteiger charge is 2.29. The van der Waals surface area contributed by atoms with Gasteiger partial charge in [0.2, 0.25) is 0 Å². The number of aliphatic hydroxyl groups excluding tert-OH is 2. The lowest BCUT2D eigenvalue weighted by atomic mass is 10.0. The van der Waals surface area contributed by atoms with Gasteiger partial charge in [-0.1, -0.05) is 304 Å². The third-order valence-electron chi connectivity index (χ3n) is 17.0. The Bertz CT molecular complexity index is 2270. The smallest absolute Gasteiger partial charge is 0.463 e. The Morgan fingerprint density at radius 2 is 0.525 bits per heavy atom. The van der Waals surface area contributed by atoms with Crippen LogP contribution in [0.1, 0.15) is 342 Å². The molecular weight excluding hydrogens is 1310 g/mol. The van der Waals surface area contributed by atoms with Gasteiger partial charge >= 0.3 is 33.6 Å². The van der Waals surface area contributed by atoms with Crippen LogP contribution >= 0.6 is 15.6 Å². The highest BCUT2D eigenvalue weighted by Crippen LogP contribution is 2.45. The molecule has 0 aromatic carbocycles. The van der Waals surface area contributed by atoms with Crippen LogP contribution in [-0.4, -0.2) is 95.9 Å². The molecule has 0 bridgehead atoms. The van der Waals surface area contributed by atoms with Crippen LogP contribution in [0.25, 0.3) is 0 Å². The van der Waals surface area contributed by atoms with E-state index in [1.165, 1.54) is 154 Å². The predicted molar refractivity (Wildman–Crippen MR) is 417 cm³/mol. The molecule has 0 amide bonds. The van der Waals surface area contributed by atoms with Gasteiger partial charge in [-0.05, 0) is 128 Å². The molecule has 0 aliphatic heterocycles. The minimum absolute atomic E-state index is 0.0885. The lowest BCUT2D eigenvalue weighted by molar-refractivity contribution is -0.161. The molecule has 0 saturated heterocycles. The number of rotatable bonds is 76. The lowest BCUT2D eigenvalue weighted by Gasteiger charge is -2.21. The van der Waals surface area contributed by atoms with E-state index in [4.69, 9.17) is 32.3 Å². The molecule has 0 fully saturated rings. The summed E-state index contributed by atoms with van der Waals surface area (Å²) in [7, 11) is -9.79. The number of phosphoric ester groups is 2. The summed E-state index contributed by atoms with van der Waals surface area (Å²) in [4.78, 5) is 58.5. The first kappa shape index (κ1) is 97.2. The van der Waals surface area contributed by atoms with E-state index in [0.29, 0.717) is 19.3 Å². The molecule has 0 saturated carbocycles. The normalized spacial score (nSPS) is 14.6.